The molecule has 0 aliphatic carbocycles. The Morgan fingerprint density at radius 2 is 2.00 bits per heavy atom. The zero-order chi connectivity index (χ0) is 26.1. The van der Waals surface area contributed by atoms with E-state index in [9.17, 15) is 18.8 Å². The van der Waals surface area contributed by atoms with Gasteiger partial charge in [0.1, 0.15) is 29.9 Å². The van der Waals surface area contributed by atoms with Gasteiger partial charge in [0.15, 0.2) is 0 Å². The molecule has 1 aromatic carbocycles. The molecule has 36 heavy (non-hydrogen) atoms. The van der Waals surface area contributed by atoms with Crippen LogP contribution in [0.4, 0.5) is 4.39 Å². The van der Waals surface area contributed by atoms with Gasteiger partial charge in [-0.1, -0.05) is 18.2 Å². The standard InChI is InChI=1S/C24H30FN5O5S/c1-34-22-18(25)13-30(21(22)24(33)29-11-17-10-15(14-36-17)23(26)27)20(32)12-28-19(31)8-5-9-35-16-6-3-2-4-7-16/h2-4,6-7,10,14,18,21-22H,5,8-9,11-13H2,1H3,(H3,26,27)(H,28,31)(H,29,33)/t18-,21-,22+/m0/s1. The first-order valence-corrected chi connectivity index (χ1v) is 12.3. The molecule has 0 bridgehead atoms. The lowest BCUT2D eigenvalue weighted by molar-refractivity contribution is -0.141. The van der Waals surface area contributed by atoms with Crippen molar-refractivity contribution in [2.45, 2.75) is 37.7 Å². The second kappa shape index (κ2) is 13.0. The van der Waals surface area contributed by atoms with Crippen LogP contribution < -0.4 is 21.1 Å². The van der Waals surface area contributed by atoms with Crippen molar-refractivity contribution in [3.05, 3.63) is 52.2 Å². The molecule has 3 amide bonds. The lowest BCUT2D eigenvalue weighted by atomic mass is 10.1. The summed E-state index contributed by atoms with van der Waals surface area (Å²) in [7, 11) is 1.28. The molecule has 0 spiro atoms. The first-order valence-electron chi connectivity index (χ1n) is 11.4. The summed E-state index contributed by atoms with van der Waals surface area (Å²) in [6.07, 6.45) is -2.07. The lowest BCUT2D eigenvalue weighted by Crippen LogP contribution is -2.52. The number of alkyl halides is 1. The van der Waals surface area contributed by atoms with Gasteiger partial charge in [-0.05, 0) is 24.6 Å². The monoisotopic (exact) mass is 519 g/mol. The summed E-state index contributed by atoms with van der Waals surface area (Å²) in [6, 6.07) is 9.70. The predicted molar refractivity (Wildman–Crippen MR) is 133 cm³/mol. The van der Waals surface area contributed by atoms with Gasteiger partial charge < -0.3 is 30.7 Å². The fraction of sp³-hybridized carbons (Fsp3) is 0.417. The lowest BCUT2D eigenvalue weighted by Gasteiger charge is -2.26. The zero-order valence-electron chi connectivity index (χ0n) is 19.9. The molecule has 2 heterocycles. The number of nitrogen functional groups attached to an aromatic ring is 1. The number of nitrogens with zero attached hydrogens (tertiary/aromatic N) is 1. The number of nitrogens with one attached hydrogen (secondary N) is 3. The highest BCUT2D eigenvalue weighted by Crippen LogP contribution is 2.24. The average Bonchev–Trinajstić information content (AvgIpc) is 3.48. The molecule has 1 aromatic heterocycles. The third-order valence-corrected chi connectivity index (χ3v) is 6.57. The summed E-state index contributed by atoms with van der Waals surface area (Å²) >= 11 is 1.32. The fourth-order valence-corrected chi connectivity index (χ4v) is 4.63. The maximum Gasteiger partial charge on any atom is 0.245 e. The molecule has 1 saturated heterocycles. The average molecular weight is 520 g/mol. The van der Waals surface area contributed by atoms with Gasteiger partial charge in [0.25, 0.3) is 0 Å². The van der Waals surface area contributed by atoms with Crippen LogP contribution in [-0.4, -0.2) is 73.6 Å². The first-order chi connectivity index (χ1) is 17.3. The minimum absolute atomic E-state index is 0.0816. The summed E-state index contributed by atoms with van der Waals surface area (Å²) in [6.45, 7) is -0.205. The number of amidine groups is 1. The highest BCUT2D eigenvalue weighted by atomic mass is 32.1. The number of para-hydroxylation sites is 1. The van der Waals surface area contributed by atoms with Crippen LogP contribution in [0.1, 0.15) is 23.3 Å². The van der Waals surface area contributed by atoms with Crippen molar-refractivity contribution in [1.29, 1.82) is 5.41 Å². The number of hydrogen-bond donors (Lipinski definition) is 4. The number of thiophene rings is 1. The molecule has 1 fully saturated rings. The topological polar surface area (TPSA) is 147 Å². The number of hydrogen-bond acceptors (Lipinski definition) is 7. The van der Waals surface area contributed by atoms with E-state index < -0.39 is 30.1 Å². The van der Waals surface area contributed by atoms with Crippen molar-refractivity contribution in [1.82, 2.24) is 15.5 Å². The molecule has 1 aliphatic rings. The van der Waals surface area contributed by atoms with E-state index in [1.807, 2.05) is 30.3 Å². The molecule has 5 N–H and O–H groups in total. The van der Waals surface area contributed by atoms with Crippen LogP contribution in [0, 0.1) is 5.41 Å². The number of likely N-dealkylation sites (tertiary alicyclic amines) is 1. The van der Waals surface area contributed by atoms with Gasteiger partial charge in [-0.25, -0.2) is 4.39 Å². The number of benzene rings is 1. The minimum atomic E-state index is -1.55. The highest BCUT2D eigenvalue weighted by molar-refractivity contribution is 7.10. The second-order valence-corrected chi connectivity index (χ2v) is 9.18. The maximum absolute atomic E-state index is 14.6. The van der Waals surface area contributed by atoms with Crippen LogP contribution in [-0.2, 0) is 25.7 Å². The van der Waals surface area contributed by atoms with E-state index in [0.29, 0.717) is 24.3 Å². The molecule has 1 aliphatic heterocycles. The van der Waals surface area contributed by atoms with Gasteiger partial charge in [-0.15, -0.1) is 11.3 Å². The number of nitrogens with two attached hydrogens (primary N) is 1. The number of methoxy groups -OCH3 is 1. The number of rotatable bonds is 12. The van der Waals surface area contributed by atoms with E-state index in [1.54, 1.807) is 11.4 Å². The van der Waals surface area contributed by atoms with Gasteiger partial charge >= 0.3 is 0 Å². The Morgan fingerprint density at radius 1 is 1.25 bits per heavy atom. The molecule has 0 saturated carbocycles. The Bertz CT molecular complexity index is 1070. The van der Waals surface area contributed by atoms with E-state index in [2.05, 4.69) is 10.6 Å². The Kier molecular flexibility index (Phi) is 9.77. The highest BCUT2D eigenvalue weighted by Gasteiger charge is 2.48. The van der Waals surface area contributed by atoms with Crippen molar-refractivity contribution < 1.29 is 28.2 Å². The Balaban J connectivity index is 1.48. The van der Waals surface area contributed by atoms with Crippen LogP contribution in [0.3, 0.4) is 0 Å². The van der Waals surface area contributed by atoms with E-state index >= 15 is 0 Å². The first kappa shape index (κ1) is 27.1. The van der Waals surface area contributed by atoms with Crippen molar-refractivity contribution in [2.75, 3.05) is 26.8 Å². The number of carbonyl (C=O) groups is 3. The number of carbonyl (C=O) groups excluding carboxylic acids is 3. The molecular weight excluding hydrogens is 489 g/mol. The van der Waals surface area contributed by atoms with Crippen LogP contribution in [0.5, 0.6) is 5.75 Å². The van der Waals surface area contributed by atoms with Crippen molar-refractivity contribution in [2.24, 2.45) is 5.73 Å². The fourth-order valence-electron chi connectivity index (χ4n) is 3.80. The van der Waals surface area contributed by atoms with E-state index in [1.165, 1.54) is 18.4 Å². The van der Waals surface area contributed by atoms with Crippen LogP contribution >= 0.6 is 11.3 Å². The Hall–Kier alpha value is -3.51. The molecular formula is C24H30FN5O5S. The van der Waals surface area contributed by atoms with Gasteiger partial charge in [0.05, 0.1) is 26.2 Å². The Morgan fingerprint density at radius 3 is 2.67 bits per heavy atom. The normalized spacial score (nSPS) is 19.1. The third-order valence-electron chi connectivity index (χ3n) is 5.63. The van der Waals surface area contributed by atoms with Crippen LogP contribution in [0.25, 0.3) is 0 Å². The summed E-state index contributed by atoms with van der Waals surface area (Å²) in [5.74, 6) is -0.877. The molecule has 3 atom stereocenters. The van der Waals surface area contributed by atoms with Crippen molar-refractivity contribution in [3.8, 4) is 5.75 Å². The zero-order valence-corrected chi connectivity index (χ0v) is 20.7. The van der Waals surface area contributed by atoms with E-state index in [-0.39, 0.29) is 37.8 Å². The van der Waals surface area contributed by atoms with Gasteiger partial charge in [0, 0.05) is 29.4 Å². The largest absolute Gasteiger partial charge is 0.494 e. The molecule has 12 heteroatoms. The molecule has 3 rings (SSSR count). The molecule has 0 unspecified atom stereocenters. The smallest absolute Gasteiger partial charge is 0.245 e. The Labute approximate surface area is 212 Å². The van der Waals surface area contributed by atoms with Crippen molar-refractivity contribution in [3.63, 3.8) is 0 Å². The summed E-state index contributed by atoms with van der Waals surface area (Å²) in [4.78, 5) is 39.7. The molecule has 10 nitrogen and oxygen atoms in total. The minimum Gasteiger partial charge on any atom is -0.494 e. The van der Waals surface area contributed by atoms with Gasteiger partial charge in [0.2, 0.25) is 17.7 Å². The second-order valence-electron chi connectivity index (χ2n) is 8.18. The molecule has 2 aromatic rings. The summed E-state index contributed by atoms with van der Waals surface area (Å²) < 4.78 is 25.3. The number of ether oxygens (including phenoxy) is 2. The SMILES string of the molecule is CO[C@H]1[C@@H](C(=O)NCc2cc(C(=N)N)cs2)N(C(=O)CNC(=O)CCCOc2ccccc2)C[C@@H]1F. The quantitative estimate of drug-likeness (QED) is 0.188. The maximum atomic E-state index is 14.6. The van der Waals surface area contributed by atoms with Gasteiger partial charge in [-0.2, -0.15) is 0 Å². The molecule has 0 radical (unpaired) electrons. The van der Waals surface area contributed by atoms with Crippen LogP contribution in [0.2, 0.25) is 0 Å². The number of halogens is 1. The number of amides is 3. The van der Waals surface area contributed by atoms with E-state index in [4.69, 9.17) is 20.6 Å². The predicted octanol–water partition coefficient (Wildman–Crippen LogP) is 1.19. The molecule has 194 valence electrons. The van der Waals surface area contributed by atoms with Crippen LogP contribution in [0.15, 0.2) is 41.8 Å². The van der Waals surface area contributed by atoms with Gasteiger partial charge in [-0.3, -0.25) is 19.8 Å². The third kappa shape index (κ3) is 7.25. The summed E-state index contributed by atoms with van der Waals surface area (Å²) in [5.41, 5.74) is 6.00. The van der Waals surface area contributed by atoms with E-state index in [0.717, 1.165) is 9.78 Å². The van der Waals surface area contributed by atoms with Crippen molar-refractivity contribution >= 4 is 34.9 Å². The summed E-state index contributed by atoms with van der Waals surface area (Å²) in [5, 5.41) is 14.4.